The Balaban J connectivity index is 2.16. The molecule has 6 heteroatoms. The van der Waals surface area contributed by atoms with Crippen molar-refractivity contribution < 1.29 is 9.84 Å². The molecule has 1 heterocycles. The van der Waals surface area contributed by atoms with E-state index in [4.69, 9.17) is 9.84 Å². The summed E-state index contributed by atoms with van der Waals surface area (Å²) in [5.41, 5.74) is 0. The third-order valence-electron chi connectivity index (χ3n) is 1.86. The van der Waals surface area contributed by atoms with Crippen LogP contribution in [-0.2, 0) is 4.74 Å². The highest BCUT2D eigenvalue weighted by molar-refractivity contribution is 7.98. The van der Waals surface area contributed by atoms with Crippen LogP contribution in [0.5, 0.6) is 0 Å². The highest BCUT2D eigenvalue weighted by Gasteiger charge is 1.96. The van der Waals surface area contributed by atoms with Gasteiger partial charge in [0.05, 0.1) is 13.2 Å². The molecule has 1 aromatic rings. The van der Waals surface area contributed by atoms with Crippen LogP contribution in [0.3, 0.4) is 0 Å². The lowest BCUT2D eigenvalue weighted by Crippen LogP contribution is -2.08. The van der Waals surface area contributed by atoms with Gasteiger partial charge in [0.2, 0.25) is 0 Å². The van der Waals surface area contributed by atoms with Crippen LogP contribution < -0.4 is 5.32 Å². The molecule has 0 bridgehead atoms. The molecular weight excluding hydrogens is 226 g/mol. The summed E-state index contributed by atoms with van der Waals surface area (Å²) in [6.07, 6.45) is 4.42. The molecule has 16 heavy (non-hydrogen) atoms. The molecule has 90 valence electrons. The van der Waals surface area contributed by atoms with Crippen molar-refractivity contribution in [2.45, 2.75) is 11.4 Å². The van der Waals surface area contributed by atoms with E-state index < -0.39 is 0 Å². The number of hydrogen-bond acceptors (Lipinski definition) is 6. The average Bonchev–Trinajstić information content (AvgIpc) is 2.34. The lowest BCUT2D eigenvalue weighted by molar-refractivity contribution is 0.0922. The van der Waals surface area contributed by atoms with Gasteiger partial charge in [-0.05, 0) is 12.7 Å². The maximum atomic E-state index is 8.50. The van der Waals surface area contributed by atoms with E-state index in [0.29, 0.717) is 13.2 Å². The van der Waals surface area contributed by atoms with E-state index in [9.17, 15) is 0 Å². The number of anilines is 1. The normalized spacial score (nSPS) is 10.4. The lowest BCUT2D eigenvalue weighted by atomic mass is 10.4. The molecule has 1 aromatic heterocycles. The van der Waals surface area contributed by atoms with Gasteiger partial charge in [-0.2, -0.15) is 0 Å². The molecule has 5 nitrogen and oxygen atoms in total. The molecule has 0 aromatic carbocycles. The minimum absolute atomic E-state index is 0.0798. The van der Waals surface area contributed by atoms with E-state index in [1.54, 1.807) is 18.1 Å². The molecule has 2 N–H and O–H groups in total. The Hall–Kier alpha value is -0.850. The monoisotopic (exact) mass is 243 g/mol. The molecule has 0 unspecified atom stereocenters. The zero-order valence-corrected chi connectivity index (χ0v) is 10.2. The molecule has 0 amide bonds. The van der Waals surface area contributed by atoms with E-state index in [1.807, 2.05) is 12.3 Å². The fraction of sp³-hybridized carbons (Fsp3) is 0.600. The largest absolute Gasteiger partial charge is 0.394 e. The second-order valence-corrected chi connectivity index (χ2v) is 3.89. The first kappa shape index (κ1) is 13.2. The van der Waals surface area contributed by atoms with Crippen molar-refractivity contribution in [3.05, 3.63) is 12.4 Å². The fourth-order valence-electron chi connectivity index (χ4n) is 1.11. The minimum atomic E-state index is 0.0798. The molecule has 0 atom stereocenters. The topological polar surface area (TPSA) is 67.3 Å². The predicted molar refractivity (Wildman–Crippen MR) is 64.8 cm³/mol. The second kappa shape index (κ2) is 8.32. The first-order chi connectivity index (χ1) is 7.86. The van der Waals surface area contributed by atoms with Crippen LogP contribution in [-0.4, -0.2) is 47.7 Å². The summed E-state index contributed by atoms with van der Waals surface area (Å²) in [4.78, 5) is 8.19. The third kappa shape index (κ3) is 5.29. The Morgan fingerprint density at radius 1 is 1.44 bits per heavy atom. The molecule has 0 saturated carbocycles. The Bertz CT molecular complexity index is 299. The SMILES string of the molecule is CSc1cc(NCCCOCCO)ncn1. The zero-order chi connectivity index (χ0) is 11.6. The van der Waals surface area contributed by atoms with Crippen molar-refractivity contribution in [3.8, 4) is 0 Å². The van der Waals surface area contributed by atoms with Gasteiger partial charge in [0.15, 0.2) is 0 Å². The smallest absolute Gasteiger partial charge is 0.130 e. The van der Waals surface area contributed by atoms with Crippen molar-refractivity contribution in [2.75, 3.05) is 37.9 Å². The summed E-state index contributed by atoms with van der Waals surface area (Å²) in [5, 5.41) is 12.6. The molecular formula is C10H17N3O2S. The van der Waals surface area contributed by atoms with Crippen molar-refractivity contribution in [1.29, 1.82) is 0 Å². The van der Waals surface area contributed by atoms with Crippen molar-refractivity contribution in [3.63, 3.8) is 0 Å². The van der Waals surface area contributed by atoms with Crippen molar-refractivity contribution in [2.24, 2.45) is 0 Å². The molecule has 0 aliphatic carbocycles. The highest BCUT2D eigenvalue weighted by atomic mass is 32.2. The van der Waals surface area contributed by atoms with Crippen molar-refractivity contribution >= 4 is 17.6 Å². The first-order valence-electron chi connectivity index (χ1n) is 5.15. The Kier molecular flexibility index (Phi) is 6.87. The fourth-order valence-corrected chi connectivity index (χ4v) is 1.49. The van der Waals surface area contributed by atoms with Gasteiger partial charge in [-0.15, -0.1) is 11.8 Å². The number of hydrogen-bond donors (Lipinski definition) is 2. The van der Waals surface area contributed by atoms with Gasteiger partial charge in [-0.25, -0.2) is 9.97 Å². The Labute approximate surface area is 99.6 Å². The highest BCUT2D eigenvalue weighted by Crippen LogP contribution is 2.13. The van der Waals surface area contributed by atoms with Crippen LogP contribution in [0.4, 0.5) is 5.82 Å². The number of ether oxygens (including phenoxy) is 1. The lowest BCUT2D eigenvalue weighted by Gasteiger charge is -2.06. The molecule has 0 spiro atoms. The van der Waals surface area contributed by atoms with Gasteiger partial charge in [0, 0.05) is 19.2 Å². The number of thioether (sulfide) groups is 1. The molecule has 0 radical (unpaired) electrons. The third-order valence-corrected chi connectivity index (χ3v) is 2.50. The molecule has 0 aliphatic heterocycles. The van der Waals surface area contributed by atoms with Crippen LogP contribution in [0.1, 0.15) is 6.42 Å². The van der Waals surface area contributed by atoms with Crippen LogP contribution in [0.15, 0.2) is 17.4 Å². The summed E-state index contributed by atoms with van der Waals surface area (Å²) in [5.74, 6) is 0.835. The van der Waals surface area contributed by atoms with E-state index in [0.717, 1.165) is 23.8 Å². The van der Waals surface area contributed by atoms with E-state index >= 15 is 0 Å². The maximum absolute atomic E-state index is 8.50. The van der Waals surface area contributed by atoms with Crippen LogP contribution in [0, 0.1) is 0 Å². The quantitative estimate of drug-likeness (QED) is 0.403. The van der Waals surface area contributed by atoms with Crippen LogP contribution in [0.2, 0.25) is 0 Å². The minimum Gasteiger partial charge on any atom is -0.394 e. The molecule has 0 saturated heterocycles. The zero-order valence-electron chi connectivity index (χ0n) is 9.35. The number of aliphatic hydroxyl groups excluding tert-OH is 1. The van der Waals surface area contributed by atoms with Gasteiger partial charge in [-0.3, -0.25) is 0 Å². The van der Waals surface area contributed by atoms with E-state index in [-0.39, 0.29) is 6.61 Å². The van der Waals surface area contributed by atoms with E-state index in [2.05, 4.69) is 15.3 Å². The Morgan fingerprint density at radius 2 is 2.31 bits per heavy atom. The van der Waals surface area contributed by atoms with Crippen LogP contribution in [0.25, 0.3) is 0 Å². The summed E-state index contributed by atoms with van der Waals surface area (Å²) in [6, 6.07) is 1.92. The summed E-state index contributed by atoms with van der Waals surface area (Å²) in [7, 11) is 0. The van der Waals surface area contributed by atoms with Gasteiger partial charge in [-0.1, -0.05) is 0 Å². The number of aromatic nitrogens is 2. The number of nitrogens with zero attached hydrogens (tertiary/aromatic N) is 2. The average molecular weight is 243 g/mol. The van der Waals surface area contributed by atoms with Crippen molar-refractivity contribution in [1.82, 2.24) is 9.97 Å². The summed E-state index contributed by atoms with van der Waals surface area (Å²) in [6.45, 7) is 1.94. The van der Waals surface area contributed by atoms with Gasteiger partial charge in [0.25, 0.3) is 0 Å². The van der Waals surface area contributed by atoms with Gasteiger partial charge in [0.1, 0.15) is 17.2 Å². The maximum Gasteiger partial charge on any atom is 0.130 e. The number of rotatable bonds is 8. The van der Waals surface area contributed by atoms with E-state index in [1.165, 1.54) is 0 Å². The molecule has 1 rings (SSSR count). The standard InChI is InChI=1S/C10H17N3O2S/c1-16-10-7-9(12-8-13-10)11-3-2-5-15-6-4-14/h7-8,14H,2-6H2,1H3,(H,11,12,13). The summed E-state index contributed by atoms with van der Waals surface area (Å²) < 4.78 is 5.14. The predicted octanol–water partition coefficient (Wildman–Crippen LogP) is 1.01. The summed E-state index contributed by atoms with van der Waals surface area (Å²) >= 11 is 1.59. The van der Waals surface area contributed by atoms with Gasteiger partial charge < -0.3 is 15.2 Å². The Morgan fingerprint density at radius 3 is 3.06 bits per heavy atom. The van der Waals surface area contributed by atoms with Gasteiger partial charge >= 0.3 is 0 Å². The van der Waals surface area contributed by atoms with Crippen LogP contribution >= 0.6 is 11.8 Å². The molecule has 0 fully saturated rings. The molecule has 0 aliphatic rings. The number of aliphatic hydroxyl groups is 1. The first-order valence-corrected chi connectivity index (χ1v) is 6.38. The second-order valence-electron chi connectivity index (χ2n) is 3.06. The number of nitrogens with one attached hydrogen (secondary N) is 1.